The molecule has 0 unspecified atom stereocenters. The van der Waals surface area contributed by atoms with Crippen molar-refractivity contribution in [2.24, 2.45) is 5.92 Å². The topological polar surface area (TPSA) is 43.9 Å². The maximum Gasteiger partial charge on any atom is 0.321 e. The molecule has 0 saturated carbocycles. The van der Waals surface area contributed by atoms with E-state index in [4.69, 9.17) is 0 Å². The van der Waals surface area contributed by atoms with Crippen molar-refractivity contribution < 1.29 is 9.59 Å². The van der Waals surface area contributed by atoms with Crippen LogP contribution in [0.2, 0.25) is 0 Å². The van der Waals surface area contributed by atoms with Crippen LogP contribution in [0.3, 0.4) is 0 Å². The lowest BCUT2D eigenvalue weighted by molar-refractivity contribution is -0.140. The highest BCUT2D eigenvalue weighted by molar-refractivity contribution is 5.89. The molecule has 0 radical (unpaired) electrons. The Morgan fingerprint density at radius 2 is 1.83 bits per heavy atom. The van der Waals surface area contributed by atoms with E-state index in [9.17, 15) is 9.59 Å². The van der Waals surface area contributed by atoms with Gasteiger partial charge in [-0.1, -0.05) is 44.2 Å². The first-order valence-corrected chi connectivity index (χ1v) is 8.33. The summed E-state index contributed by atoms with van der Waals surface area (Å²) in [6, 6.07) is 9.83. The van der Waals surface area contributed by atoms with Crippen molar-refractivity contribution in [1.82, 2.24) is 14.7 Å². The van der Waals surface area contributed by atoms with E-state index in [2.05, 4.69) is 13.8 Å². The Labute approximate surface area is 137 Å². The number of carbonyl (C=O) groups is 2. The second-order valence-corrected chi connectivity index (χ2v) is 7.07. The van der Waals surface area contributed by atoms with Crippen molar-refractivity contribution in [1.29, 1.82) is 0 Å². The van der Waals surface area contributed by atoms with Crippen molar-refractivity contribution in [3.63, 3.8) is 0 Å². The first-order valence-electron chi connectivity index (χ1n) is 8.33. The van der Waals surface area contributed by atoms with Crippen molar-refractivity contribution >= 4 is 11.9 Å². The van der Waals surface area contributed by atoms with Crippen LogP contribution in [0.1, 0.15) is 25.8 Å². The largest absolute Gasteiger partial charge is 0.342 e. The van der Waals surface area contributed by atoms with Crippen LogP contribution in [0.15, 0.2) is 30.3 Å². The van der Waals surface area contributed by atoms with Crippen LogP contribution in [0.25, 0.3) is 0 Å². The molecule has 1 aromatic carbocycles. The fraction of sp³-hybridized carbons (Fsp3) is 0.556. The van der Waals surface area contributed by atoms with E-state index < -0.39 is 0 Å². The second-order valence-electron chi connectivity index (χ2n) is 7.07. The molecule has 5 nitrogen and oxygen atoms in total. The van der Waals surface area contributed by atoms with E-state index in [0.29, 0.717) is 25.6 Å². The minimum atomic E-state index is -0.313. The number of piperazine rings is 1. The van der Waals surface area contributed by atoms with E-state index in [1.165, 1.54) is 0 Å². The summed E-state index contributed by atoms with van der Waals surface area (Å²) < 4.78 is 0. The highest BCUT2D eigenvalue weighted by atomic mass is 16.2. The van der Waals surface area contributed by atoms with Gasteiger partial charge in [-0.05, 0) is 17.9 Å². The van der Waals surface area contributed by atoms with E-state index in [1.807, 2.05) is 47.2 Å². The van der Waals surface area contributed by atoms with Crippen LogP contribution in [0.4, 0.5) is 4.79 Å². The van der Waals surface area contributed by atoms with E-state index in [1.54, 1.807) is 4.90 Å². The molecule has 124 valence electrons. The Bertz CT molecular complexity index is 587. The first-order chi connectivity index (χ1) is 11.0. The molecular weight excluding hydrogens is 290 g/mol. The zero-order valence-corrected chi connectivity index (χ0v) is 14.1. The van der Waals surface area contributed by atoms with Gasteiger partial charge in [-0.3, -0.25) is 4.79 Å². The average molecular weight is 315 g/mol. The predicted octanol–water partition coefficient (Wildman–Crippen LogP) is 2.18. The van der Waals surface area contributed by atoms with Crippen LogP contribution < -0.4 is 0 Å². The van der Waals surface area contributed by atoms with Crippen LogP contribution in [-0.4, -0.2) is 58.9 Å². The molecule has 0 aliphatic carbocycles. The number of rotatable bonds is 4. The Morgan fingerprint density at radius 3 is 2.48 bits per heavy atom. The third-order valence-corrected chi connectivity index (χ3v) is 4.71. The molecule has 2 aliphatic heterocycles. The van der Waals surface area contributed by atoms with Crippen molar-refractivity contribution in [2.75, 3.05) is 20.1 Å². The van der Waals surface area contributed by atoms with E-state index >= 15 is 0 Å². The number of fused-ring (bicyclic) bond motifs is 1. The van der Waals surface area contributed by atoms with Gasteiger partial charge in [0.1, 0.15) is 6.04 Å². The summed E-state index contributed by atoms with van der Waals surface area (Å²) in [5, 5.41) is 0. The van der Waals surface area contributed by atoms with Crippen molar-refractivity contribution in [2.45, 2.75) is 38.9 Å². The molecule has 1 aromatic rings. The highest BCUT2D eigenvalue weighted by Gasteiger charge is 2.48. The maximum atomic E-state index is 12.9. The molecule has 2 atom stereocenters. The smallest absolute Gasteiger partial charge is 0.321 e. The molecule has 0 spiro atoms. The highest BCUT2D eigenvalue weighted by Crippen LogP contribution is 2.29. The van der Waals surface area contributed by atoms with Crippen LogP contribution >= 0.6 is 0 Å². The van der Waals surface area contributed by atoms with Crippen LogP contribution in [-0.2, 0) is 11.3 Å². The number of urea groups is 1. The third-order valence-electron chi connectivity index (χ3n) is 4.71. The number of carbonyl (C=O) groups excluding carboxylic acids is 2. The standard InChI is InChI=1S/C18H25N3O2/c1-13(2)9-16-17(22)19(3)11-15-12-20(18(23)21(15)16)10-14-7-5-4-6-8-14/h4-8,13,15-16H,9-12H2,1-3H3/t15-,16+/m1/s1. The van der Waals surface area contributed by atoms with Gasteiger partial charge in [0.2, 0.25) is 5.91 Å². The Hall–Kier alpha value is -2.04. The normalized spacial score (nSPS) is 24.6. The van der Waals surface area contributed by atoms with Gasteiger partial charge in [-0.15, -0.1) is 0 Å². The number of amides is 3. The lowest BCUT2D eigenvalue weighted by Gasteiger charge is -2.41. The quantitative estimate of drug-likeness (QED) is 0.855. The van der Waals surface area contributed by atoms with Gasteiger partial charge < -0.3 is 14.7 Å². The van der Waals surface area contributed by atoms with Crippen molar-refractivity contribution in [3.05, 3.63) is 35.9 Å². The molecule has 23 heavy (non-hydrogen) atoms. The number of benzene rings is 1. The predicted molar refractivity (Wildman–Crippen MR) is 88.8 cm³/mol. The average Bonchev–Trinajstić information content (AvgIpc) is 2.80. The number of likely N-dealkylation sites (N-methyl/N-ethyl adjacent to an activating group) is 1. The maximum absolute atomic E-state index is 12.9. The van der Waals surface area contributed by atoms with Gasteiger partial charge in [0, 0.05) is 26.7 Å². The summed E-state index contributed by atoms with van der Waals surface area (Å²) in [5.41, 5.74) is 1.13. The Kier molecular flexibility index (Phi) is 4.28. The zero-order chi connectivity index (χ0) is 16.6. The summed E-state index contributed by atoms with van der Waals surface area (Å²) >= 11 is 0. The molecule has 3 amide bonds. The molecule has 2 saturated heterocycles. The lowest BCUT2D eigenvalue weighted by Crippen LogP contribution is -2.60. The summed E-state index contributed by atoms with van der Waals surface area (Å²) in [6.45, 7) is 6.13. The van der Waals surface area contributed by atoms with Gasteiger partial charge in [0.05, 0.1) is 6.04 Å². The fourth-order valence-electron chi connectivity index (χ4n) is 3.65. The fourth-order valence-corrected chi connectivity index (χ4v) is 3.65. The first kappa shape index (κ1) is 15.8. The summed E-state index contributed by atoms with van der Waals surface area (Å²) in [7, 11) is 1.84. The van der Waals surface area contributed by atoms with Gasteiger partial charge in [0.15, 0.2) is 0 Å². The van der Waals surface area contributed by atoms with Crippen molar-refractivity contribution in [3.8, 4) is 0 Å². The molecule has 2 heterocycles. The molecule has 2 aliphatic rings. The molecule has 3 rings (SSSR count). The molecular formula is C18H25N3O2. The number of hydrogen-bond acceptors (Lipinski definition) is 2. The van der Waals surface area contributed by atoms with Gasteiger partial charge in [-0.2, -0.15) is 0 Å². The molecule has 0 bridgehead atoms. The summed E-state index contributed by atoms with van der Waals surface area (Å²) in [5.74, 6) is 0.455. The SMILES string of the molecule is CC(C)C[C@H]1C(=O)N(C)C[C@@H]2CN(Cc3ccccc3)C(=O)N21. The van der Waals surface area contributed by atoms with E-state index in [0.717, 1.165) is 12.0 Å². The monoisotopic (exact) mass is 315 g/mol. The minimum absolute atomic E-state index is 0.00551. The van der Waals surface area contributed by atoms with Crippen LogP contribution in [0, 0.1) is 5.92 Å². The summed E-state index contributed by atoms with van der Waals surface area (Å²) in [6.07, 6.45) is 0.727. The third kappa shape index (κ3) is 3.05. The Balaban J connectivity index is 1.80. The summed E-state index contributed by atoms with van der Waals surface area (Å²) in [4.78, 5) is 30.9. The van der Waals surface area contributed by atoms with Gasteiger partial charge in [-0.25, -0.2) is 4.79 Å². The van der Waals surface area contributed by atoms with Gasteiger partial charge >= 0.3 is 6.03 Å². The van der Waals surface area contributed by atoms with E-state index in [-0.39, 0.29) is 24.0 Å². The Morgan fingerprint density at radius 1 is 1.13 bits per heavy atom. The zero-order valence-electron chi connectivity index (χ0n) is 14.1. The molecule has 5 heteroatoms. The molecule has 0 aromatic heterocycles. The second kappa shape index (κ2) is 6.22. The van der Waals surface area contributed by atoms with Gasteiger partial charge in [0.25, 0.3) is 0 Å². The molecule has 0 N–H and O–H groups in total. The van der Waals surface area contributed by atoms with Crippen LogP contribution in [0.5, 0.6) is 0 Å². The lowest BCUT2D eigenvalue weighted by atomic mass is 9.98. The number of nitrogens with zero attached hydrogens (tertiary/aromatic N) is 3. The minimum Gasteiger partial charge on any atom is -0.342 e. The number of hydrogen-bond donors (Lipinski definition) is 0. The molecule has 2 fully saturated rings.